The Morgan fingerprint density at radius 1 is 1.04 bits per heavy atom. The highest BCUT2D eigenvalue weighted by molar-refractivity contribution is 7.23. The van der Waals surface area contributed by atoms with Crippen molar-refractivity contribution in [3.63, 3.8) is 0 Å². The fraction of sp³-hybridized carbons (Fsp3) is 0. The molecule has 0 atom stereocenters. The Hall–Kier alpha value is -3.36. The normalized spacial score (nSPS) is 11.0. The van der Waals surface area contributed by atoms with E-state index in [1.807, 2.05) is 64.6 Å². The highest BCUT2D eigenvalue weighted by Crippen LogP contribution is 2.30. The van der Waals surface area contributed by atoms with Crippen LogP contribution in [0.1, 0.15) is 10.4 Å². The molecule has 0 aliphatic rings. The summed E-state index contributed by atoms with van der Waals surface area (Å²) in [6.45, 7) is 0. The average Bonchev–Trinajstić information content (AvgIpc) is 3.47. The highest BCUT2D eigenvalue weighted by atomic mass is 32.1. The van der Waals surface area contributed by atoms with Crippen LogP contribution in [0, 0.1) is 0 Å². The molecule has 0 radical (unpaired) electrons. The number of hydrogen-bond donors (Lipinski definition) is 1. The number of nitrogens with one attached hydrogen (secondary N) is 1. The molecular weight excluding hydrogens is 390 g/mol. The molecule has 4 aromatic heterocycles. The van der Waals surface area contributed by atoms with E-state index in [1.165, 1.54) is 11.3 Å². The van der Waals surface area contributed by atoms with Gasteiger partial charge in [0.05, 0.1) is 10.6 Å². The van der Waals surface area contributed by atoms with Crippen LogP contribution in [-0.4, -0.2) is 25.5 Å². The predicted octanol–water partition coefficient (Wildman–Crippen LogP) is 4.83. The molecule has 0 saturated heterocycles. The van der Waals surface area contributed by atoms with Gasteiger partial charge in [-0.05, 0) is 23.6 Å². The molecule has 8 heteroatoms. The number of rotatable bonds is 4. The Morgan fingerprint density at radius 2 is 1.93 bits per heavy atom. The Morgan fingerprint density at radius 3 is 2.75 bits per heavy atom. The van der Waals surface area contributed by atoms with E-state index in [0.29, 0.717) is 16.3 Å². The van der Waals surface area contributed by atoms with E-state index in [4.69, 9.17) is 0 Å². The molecule has 1 N–H and O–H groups in total. The minimum atomic E-state index is -0.236. The third kappa shape index (κ3) is 3.19. The highest BCUT2D eigenvalue weighted by Gasteiger charge is 2.13. The molecule has 1 amide bonds. The van der Waals surface area contributed by atoms with Gasteiger partial charge in [-0.2, -0.15) is 0 Å². The summed E-state index contributed by atoms with van der Waals surface area (Å²) >= 11 is 2.94. The first-order valence-corrected chi connectivity index (χ1v) is 10.2. The number of imidazole rings is 1. The third-order valence-corrected chi connectivity index (χ3v) is 6.05. The lowest BCUT2D eigenvalue weighted by Gasteiger charge is -2.01. The van der Waals surface area contributed by atoms with Crippen molar-refractivity contribution in [1.29, 1.82) is 0 Å². The maximum absolute atomic E-state index is 12.6. The average molecular weight is 403 g/mol. The molecule has 0 unspecified atom stereocenters. The molecule has 0 aliphatic carbocycles. The number of nitrogens with zero attached hydrogens (tertiary/aromatic N) is 4. The molecule has 0 aliphatic heterocycles. The number of carbonyl (C=O) groups is 1. The second-order valence-electron chi connectivity index (χ2n) is 6.02. The number of carbonyl (C=O) groups excluding carboxylic acids is 1. The van der Waals surface area contributed by atoms with Crippen LogP contribution in [0.2, 0.25) is 0 Å². The van der Waals surface area contributed by atoms with Crippen molar-refractivity contribution in [3.05, 3.63) is 77.9 Å². The SMILES string of the molecule is O=C(Nc1nnc(-c2cccs2)s1)c1ccn2cc(-c3ccccc3)nc2c1. The van der Waals surface area contributed by atoms with Crippen LogP contribution in [0.5, 0.6) is 0 Å². The van der Waals surface area contributed by atoms with Gasteiger partial charge in [0.2, 0.25) is 5.13 Å². The quantitative estimate of drug-likeness (QED) is 0.466. The molecule has 5 rings (SSSR count). The van der Waals surface area contributed by atoms with Crippen molar-refractivity contribution in [1.82, 2.24) is 19.6 Å². The minimum Gasteiger partial charge on any atom is -0.306 e. The van der Waals surface area contributed by atoms with Gasteiger partial charge in [0.15, 0.2) is 5.01 Å². The summed E-state index contributed by atoms with van der Waals surface area (Å²) in [5.41, 5.74) is 3.13. The zero-order valence-electron chi connectivity index (χ0n) is 14.4. The summed E-state index contributed by atoms with van der Waals surface area (Å²) in [6.07, 6.45) is 3.78. The van der Waals surface area contributed by atoms with Crippen molar-refractivity contribution >= 4 is 39.4 Å². The first-order valence-electron chi connectivity index (χ1n) is 8.49. The maximum atomic E-state index is 12.6. The molecule has 5 aromatic rings. The summed E-state index contributed by atoms with van der Waals surface area (Å²) in [7, 11) is 0. The number of thiophene rings is 1. The number of pyridine rings is 1. The molecule has 0 fully saturated rings. The summed E-state index contributed by atoms with van der Waals surface area (Å²) < 4.78 is 1.90. The van der Waals surface area contributed by atoms with Gasteiger partial charge in [-0.1, -0.05) is 47.7 Å². The van der Waals surface area contributed by atoms with Gasteiger partial charge in [-0.3, -0.25) is 10.1 Å². The molecule has 6 nitrogen and oxygen atoms in total. The number of amides is 1. The van der Waals surface area contributed by atoms with E-state index < -0.39 is 0 Å². The monoisotopic (exact) mass is 403 g/mol. The number of benzene rings is 1. The number of aromatic nitrogens is 4. The van der Waals surface area contributed by atoms with E-state index in [2.05, 4.69) is 20.5 Å². The van der Waals surface area contributed by atoms with Crippen molar-refractivity contribution in [2.24, 2.45) is 0 Å². The molecule has 0 spiro atoms. The van der Waals surface area contributed by atoms with Crippen molar-refractivity contribution in [2.45, 2.75) is 0 Å². The van der Waals surface area contributed by atoms with E-state index in [-0.39, 0.29) is 5.91 Å². The van der Waals surface area contributed by atoms with Crippen LogP contribution in [0.15, 0.2) is 72.4 Å². The lowest BCUT2D eigenvalue weighted by molar-refractivity contribution is 0.102. The number of hydrogen-bond acceptors (Lipinski definition) is 6. The molecule has 0 bridgehead atoms. The molecule has 136 valence electrons. The molecular formula is C20H13N5OS2. The first-order chi connectivity index (χ1) is 13.8. The second kappa shape index (κ2) is 6.99. The van der Waals surface area contributed by atoms with Crippen molar-refractivity contribution in [3.8, 4) is 21.1 Å². The van der Waals surface area contributed by atoms with Crippen LogP contribution in [-0.2, 0) is 0 Å². The van der Waals surface area contributed by atoms with Gasteiger partial charge in [-0.15, -0.1) is 21.5 Å². The zero-order chi connectivity index (χ0) is 18.9. The molecule has 28 heavy (non-hydrogen) atoms. The lowest BCUT2D eigenvalue weighted by atomic mass is 10.2. The summed E-state index contributed by atoms with van der Waals surface area (Å²) in [6, 6.07) is 17.4. The minimum absolute atomic E-state index is 0.236. The van der Waals surface area contributed by atoms with Gasteiger partial charge >= 0.3 is 0 Å². The van der Waals surface area contributed by atoms with Crippen molar-refractivity contribution < 1.29 is 4.79 Å². The fourth-order valence-electron chi connectivity index (χ4n) is 2.81. The topological polar surface area (TPSA) is 72.2 Å². The van der Waals surface area contributed by atoms with E-state index in [0.717, 1.165) is 21.1 Å². The Labute approximate surface area is 168 Å². The van der Waals surface area contributed by atoms with Gasteiger partial charge in [0.1, 0.15) is 5.65 Å². The van der Waals surface area contributed by atoms with Crippen molar-refractivity contribution in [2.75, 3.05) is 5.32 Å². The number of anilines is 1. The largest absolute Gasteiger partial charge is 0.306 e. The van der Waals surface area contributed by atoms with Gasteiger partial charge in [0, 0.05) is 23.5 Å². The van der Waals surface area contributed by atoms with E-state index >= 15 is 0 Å². The maximum Gasteiger partial charge on any atom is 0.257 e. The van der Waals surface area contributed by atoms with Crippen LogP contribution in [0.3, 0.4) is 0 Å². The lowest BCUT2D eigenvalue weighted by Crippen LogP contribution is -2.12. The third-order valence-electron chi connectivity index (χ3n) is 4.17. The van der Waals surface area contributed by atoms with Crippen LogP contribution in [0.25, 0.3) is 26.8 Å². The standard InChI is InChI=1S/C20H13N5OS2/c26-18(22-20-24-23-19(28-20)16-7-4-10-27-16)14-8-9-25-12-15(21-17(25)11-14)13-5-2-1-3-6-13/h1-12H,(H,22,24,26). The van der Waals surface area contributed by atoms with Gasteiger partial charge in [0.25, 0.3) is 5.91 Å². The summed E-state index contributed by atoms with van der Waals surface area (Å²) in [4.78, 5) is 18.3. The zero-order valence-corrected chi connectivity index (χ0v) is 16.1. The smallest absolute Gasteiger partial charge is 0.257 e. The second-order valence-corrected chi connectivity index (χ2v) is 7.94. The van der Waals surface area contributed by atoms with E-state index in [1.54, 1.807) is 23.5 Å². The van der Waals surface area contributed by atoms with Gasteiger partial charge in [-0.25, -0.2) is 4.98 Å². The number of fused-ring (bicyclic) bond motifs is 1. The fourth-order valence-corrected chi connectivity index (χ4v) is 4.34. The van der Waals surface area contributed by atoms with Crippen LogP contribution < -0.4 is 5.32 Å². The Bertz CT molecular complexity index is 1260. The molecule has 0 saturated carbocycles. The Kier molecular flexibility index (Phi) is 4.19. The molecule has 1 aromatic carbocycles. The molecule has 4 heterocycles. The summed E-state index contributed by atoms with van der Waals surface area (Å²) in [5, 5.41) is 14.3. The van der Waals surface area contributed by atoms with Gasteiger partial charge < -0.3 is 4.40 Å². The van der Waals surface area contributed by atoms with E-state index in [9.17, 15) is 4.79 Å². The first kappa shape index (κ1) is 16.8. The Balaban J connectivity index is 1.39. The van der Waals surface area contributed by atoms with Crippen LogP contribution >= 0.6 is 22.7 Å². The summed E-state index contributed by atoms with van der Waals surface area (Å²) in [5.74, 6) is -0.236. The predicted molar refractivity (Wildman–Crippen MR) is 112 cm³/mol. The van der Waals surface area contributed by atoms with Crippen LogP contribution in [0.4, 0.5) is 5.13 Å².